The average Bonchev–Trinajstić information content (AvgIpc) is 3.26. The van der Waals surface area contributed by atoms with E-state index in [0.717, 1.165) is 37.1 Å². The van der Waals surface area contributed by atoms with Crippen molar-refractivity contribution in [2.45, 2.75) is 32.7 Å². The van der Waals surface area contributed by atoms with Crippen LogP contribution in [0.15, 0.2) is 18.3 Å². The Hall–Kier alpha value is -1.29. The predicted molar refractivity (Wildman–Crippen MR) is 79.8 cm³/mol. The second-order valence-electron chi connectivity index (χ2n) is 5.12. The standard InChI is InChI=1S/C15H25N3O/c1-4-18(5-2)15-9-8-13(10-16-15)17-14(11-19-3)12-6-7-12/h8-10,12,14,17H,4-7,11H2,1-3H3. The van der Waals surface area contributed by atoms with E-state index in [1.165, 1.54) is 12.8 Å². The first-order valence-corrected chi connectivity index (χ1v) is 7.25. The molecule has 2 rings (SSSR count). The van der Waals surface area contributed by atoms with Gasteiger partial charge in [-0.2, -0.15) is 0 Å². The fourth-order valence-corrected chi connectivity index (χ4v) is 2.39. The molecular formula is C15H25N3O. The van der Waals surface area contributed by atoms with Gasteiger partial charge in [0, 0.05) is 20.2 Å². The summed E-state index contributed by atoms with van der Waals surface area (Å²) in [7, 11) is 1.76. The molecule has 1 saturated carbocycles. The highest BCUT2D eigenvalue weighted by molar-refractivity contribution is 5.49. The molecule has 1 aliphatic carbocycles. The molecule has 4 heteroatoms. The van der Waals surface area contributed by atoms with E-state index in [2.05, 4.69) is 41.2 Å². The smallest absolute Gasteiger partial charge is 0.128 e. The lowest BCUT2D eigenvalue weighted by atomic mass is 10.2. The first-order valence-electron chi connectivity index (χ1n) is 7.25. The molecule has 1 fully saturated rings. The number of methoxy groups -OCH3 is 1. The van der Waals surface area contributed by atoms with Gasteiger partial charge < -0.3 is 15.0 Å². The predicted octanol–water partition coefficient (Wildman–Crippen LogP) is 2.76. The van der Waals surface area contributed by atoms with Gasteiger partial charge in [-0.05, 0) is 44.7 Å². The van der Waals surface area contributed by atoms with Crippen LogP contribution in [0.2, 0.25) is 0 Å². The molecule has 1 aromatic heterocycles. The van der Waals surface area contributed by atoms with E-state index in [4.69, 9.17) is 4.74 Å². The quantitative estimate of drug-likeness (QED) is 0.782. The molecule has 0 saturated heterocycles. The highest BCUT2D eigenvalue weighted by Gasteiger charge is 2.31. The van der Waals surface area contributed by atoms with Gasteiger partial charge in [-0.1, -0.05) is 0 Å². The summed E-state index contributed by atoms with van der Waals surface area (Å²) in [6.07, 6.45) is 4.55. The molecule has 0 aromatic carbocycles. The van der Waals surface area contributed by atoms with Crippen molar-refractivity contribution in [3.63, 3.8) is 0 Å². The number of rotatable bonds is 8. The molecular weight excluding hydrogens is 238 g/mol. The molecule has 1 aromatic rings. The fourth-order valence-electron chi connectivity index (χ4n) is 2.39. The van der Waals surface area contributed by atoms with Crippen molar-refractivity contribution in [2.24, 2.45) is 5.92 Å². The largest absolute Gasteiger partial charge is 0.383 e. The molecule has 106 valence electrons. The van der Waals surface area contributed by atoms with Gasteiger partial charge in [-0.3, -0.25) is 0 Å². The SMILES string of the molecule is CCN(CC)c1ccc(NC(COC)C2CC2)cn1. The molecule has 0 bridgehead atoms. The summed E-state index contributed by atoms with van der Waals surface area (Å²) < 4.78 is 5.28. The van der Waals surface area contributed by atoms with E-state index in [1.54, 1.807) is 7.11 Å². The van der Waals surface area contributed by atoms with Crippen molar-refractivity contribution in [3.8, 4) is 0 Å². The lowest BCUT2D eigenvalue weighted by molar-refractivity contribution is 0.179. The summed E-state index contributed by atoms with van der Waals surface area (Å²) in [6, 6.07) is 4.63. The number of pyridine rings is 1. The third-order valence-electron chi connectivity index (χ3n) is 3.72. The number of aromatic nitrogens is 1. The third kappa shape index (κ3) is 3.83. The maximum Gasteiger partial charge on any atom is 0.128 e. The molecule has 1 unspecified atom stereocenters. The summed E-state index contributed by atoms with van der Waals surface area (Å²) in [5.41, 5.74) is 1.09. The van der Waals surface area contributed by atoms with Crippen molar-refractivity contribution in [1.29, 1.82) is 0 Å². The van der Waals surface area contributed by atoms with Gasteiger partial charge in [0.2, 0.25) is 0 Å². The number of anilines is 2. The van der Waals surface area contributed by atoms with Crippen LogP contribution in [0.5, 0.6) is 0 Å². The van der Waals surface area contributed by atoms with E-state index < -0.39 is 0 Å². The van der Waals surface area contributed by atoms with Gasteiger partial charge in [0.1, 0.15) is 5.82 Å². The average molecular weight is 263 g/mol. The Morgan fingerprint density at radius 1 is 1.37 bits per heavy atom. The lowest BCUT2D eigenvalue weighted by Crippen LogP contribution is -2.27. The van der Waals surface area contributed by atoms with Crippen molar-refractivity contribution in [2.75, 3.05) is 37.0 Å². The van der Waals surface area contributed by atoms with Gasteiger partial charge in [0.15, 0.2) is 0 Å². The van der Waals surface area contributed by atoms with E-state index in [-0.39, 0.29) is 0 Å². The van der Waals surface area contributed by atoms with Crippen LogP contribution in [-0.4, -0.2) is 37.8 Å². The zero-order valence-corrected chi connectivity index (χ0v) is 12.2. The zero-order chi connectivity index (χ0) is 13.7. The molecule has 1 heterocycles. The van der Waals surface area contributed by atoms with Crippen molar-refractivity contribution < 1.29 is 4.74 Å². The molecule has 4 nitrogen and oxygen atoms in total. The van der Waals surface area contributed by atoms with Crippen LogP contribution in [-0.2, 0) is 4.74 Å². The highest BCUT2D eigenvalue weighted by Crippen LogP contribution is 2.34. The molecule has 0 spiro atoms. The number of hydrogen-bond donors (Lipinski definition) is 1. The van der Waals surface area contributed by atoms with Crippen molar-refractivity contribution in [3.05, 3.63) is 18.3 Å². The molecule has 0 aliphatic heterocycles. The molecule has 19 heavy (non-hydrogen) atoms. The van der Waals surface area contributed by atoms with Crippen LogP contribution in [0.4, 0.5) is 11.5 Å². The molecule has 1 N–H and O–H groups in total. The minimum absolute atomic E-state index is 0.422. The Labute approximate surface area is 116 Å². The third-order valence-corrected chi connectivity index (χ3v) is 3.72. The highest BCUT2D eigenvalue weighted by atomic mass is 16.5. The number of hydrogen-bond acceptors (Lipinski definition) is 4. The van der Waals surface area contributed by atoms with E-state index in [0.29, 0.717) is 6.04 Å². The molecule has 1 aliphatic rings. The van der Waals surface area contributed by atoms with Gasteiger partial charge in [-0.15, -0.1) is 0 Å². The van der Waals surface area contributed by atoms with Crippen molar-refractivity contribution >= 4 is 11.5 Å². The Kier molecular flexibility index (Phi) is 5.02. The maximum atomic E-state index is 5.28. The Morgan fingerprint density at radius 2 is 2.11 bits per heavy atom. The fraction of sp³-hybridized carbons (Fsp3) is 0.667. The normalized spacial score (nSPS) is 16.2. The van der Waals surface area contributed by atoms with Gasteiger partial charge in [-0.25, -0.2) is 4.98 Å². The van der Waals surface area contributed by atoms with Crippen molar-refractivity contribution in [1.82, 2.24) is 4.98 Å². The lowest BCUT2D eigenvalue weighted by Gasteiger charge is -2.21. The summed E-state index contributed by atoms with van der Waals surface area (Å²) in [5.74, 6) is 1.81. The zero-order valence-electron chi connectivity index (χ0n) is 12.2. The van der Waals surface area contributed by atoms with E-state index in [9.17, 15) is 0 Å². The first-order chi connectivity index (χ1) is 9.28. The van der Waals surface area contributed by atoms with Crippen LogP contribution in [0.3, 0.4) is 0 Å². The Morgan fingerprint density at radius 3 is 2.58 bits per heavy atom. The number of nitrogens with zero attached hydrogens (tertiary/aromatic N) is 2. The number of ether oxygens (including phenoxy) is 1. The summed E-state index contributed by atoms with van der Waals surface area (Å²) in [6.45, 7) is 7.05. The molecule has 0 amide bonds. The second-order valence-corrected chi connectivity index (χ2v) is 5.12. The van der Waals surface area contributed by atoms with Crippen LogP contribution >= 0.6 is 0 Å². The maximum absolute atomic E-state index is 5.28. The van der Waals surface area contributed by atoms with Crippen LogP contribution < -0.4 is 10.2 Å². The molecule has 0 radical (unpaired) electrons. The van der Waals surface area contributed by atoms with Crippen LogP contribution in [0.25, 0.3) is 0 Å². The van der Waals surface area contributed by atoms with E-state index >= 15 is 0 Å². The minimum Gasteiger partial charge on any atom is -0.383 e. The van der Waals surface area contributed by atoms with Gasteiger partial charge in [0.25, 0.3) is 0 Å². The summed E-state index contributed by atoms with van der Waals surface area (Å²) >= 11 is 0. The summed E-state index contributed by atoms with van der Waals surface area (Å²) in [5, 5.41) is 3.54. The van der Waals surface area contributed by atoms with Crippen LogP contribution in [0.1, 0.15) is 26.7 Å². The van der Waals surface area contributed by atoms with Gasteiger partial charge >= 0.3 is 0 Å². The topological polar surface area (TPSA) is 37.4 Å². The number of nitrogens with one attached hydrogen (secondary N) is 1. The first kappa shape index (κ1) is 14.1. The van der Waals surface area contributed by atoms with Crippen LogP contribution in [0, 0.1) is 5.92 Å². The second kappa shape index (κ2) is 6.75. The molecule has 1 atom stereocenters. The monoisotopic (exact) mass is 263 g/mol. The Balaban J connectivity index is 1.97. The van der Waals surface area contributed by atoms with Gasteiger partial charge in [0.05, 0.1) is 24.5 Å². The Bertz CT molecular complexity index is 371. The van der Waals surface area contributed by atoms with E-state index in [1.807, 2.05) is 6.20 Å². The minimum atomic E-state index is 0.422. The summed E-state index contributed by atoms with van der Waals surface area (Å²) in [4.78, 5) is 6.78.